The molecule has 0 aromatic carbocycles. The molecule has 528 valence electrons. The van der Waals surface area contributed by atoms with Gasteiger partial charge >= 0.3 is 0 Å². The van der Waals surface area contributed by atoms with Gasteiger partial charge in [0, 0.05) is 159 Å². The first-order valence-electron chi connectivity index (χ1n) is 34.9. The van der Waals surface area contributed by atoms with Crippen LogP contribution < -0.4 is 5.32 Å². The lowest BCUT2D eigenvalue weighted by molar-refractivity contribution is 0.0898. The fourth-order valence-corrected chi connectivity index (χ4v) is 16.7. The van der Waals surface area contributed by atoms with Gasteiger partial charge < -0.3 is 66.4 Å². The van der Waals surface area contributed by atoms with Gasteiger partial charge in [-0.1, -0.05) is 58.9 Å². The predicted molar refractivity (Wildman–Crippen MR) is 403 cm³/mol. The van der Waals surface area contributed by atoms with Crippen molar-refractivity contribution in [3.8, 4) is 33.8 Å². The molecular weight excluding hydrogens is 1310 g/mol. The summed E-state index contributed by atoms with van der Waals surface area (Å²) in [5, 5.41) is 6.42. The van der Waals surface area contributed by atoms with Gasteiger partial charge in [0.15, 0.2) is 0 Å². The van der Waals surface area contributed by atoms with E-state index in [0.717, 1.165) is 157 Å². The van der Waals surface area contributed by atoms with Gasteiger partial charge in [0.1, 0.15) is 72.7 Å². The number of sulfonamides is 1. The van der Waals surface area contributed by atoms with Crippen LogP contribution in [-0.2, 0) is 61.0 Å². The van der Waals surface area contributed by atoms with Crippen LogP contribution in [0.4, 0.5) is 0 Å². The average Bonchev–Trinajstić information content (AvgIpc) is 1.66. The number of ether oxygens (including phenoxy) is 3. The monoisotopic (exact) mass is 1410 g/mol. The topological polar surface area (TPSA) is 200 Å². The second kappa shape index (κ2) is 32.0. The highest BCUT2D eigenvalue weighted by Gasteiger charge is 2.43. The van der Waals surface area contributed by atoms with E-state index in [1.807, 2.05) is 47.7 Å². The summed E-state index contributed by atoms with van der Waals surface area (Å²) >= 11 is 0. The van der Waals surface area contributed by atoms with Gasteiger partial charge in [0.25, 0.3) is 0 Å². The molecule has 3 saturated heterocycles. The molecule has 0 bridgehead atoms. The summed E-state index contributed by atoms with van der Waals surface area (Å²) in [5.74, 6) is 0.100. The Morgan fingerprint density at radius 1 is 0.475 bits per heavy atom. The maximum Gasteiger partial charge on any atom is 0.237 e. The van der Waals surface area contributed by atoms with Gasteiger partial charge in [-0.3, -0.25) is 0 Å². The Hall–Kier alpha value is -7.47. The highest BCUT2D eigenvalue weighted by molar-refractivity contribution is 7.89. The number of rotatable bonds is 26. The van der Waals surface area contributed by atoms with E-state index in [1.54, 1.807) is 30.2 Å². The van der Waals surface area contributed by atoms with E-state index in [4.69, 9.17) is 33.9 Å². The first-order chi connectivity index (χ1) is 47.3. The van der Waals surface area contributed by atoms with Crippen LogP contribution in [0.25, 0.3) is 81.4 Å². The molecule has 0 aliphatic carbocycles. The molecule has 23 nitrogen and oxygen atoms in total. The van der Waals surface area contributed by atoms with Gasteiger partial charge in [-0.2, -0.15) is 0 Å². The summed E-state index contributed by atoms with van der Waals surface area (Å²) in [4.78, 5) is 41.0. The molecule has 0 amide bonds. The summed E-state index contributed by atoms with van der Waals surface area (Å²) in [6.07, 6.45) is 28.6. The molecule has 27 heteroatoms. The zero-order chi connectivity index (χ0) is 70.6. The summed E-state index contributed by atoms with van der Waals surface area (Å²) < 4.78 is 56.7. The maximum absolute atomic E-state index is 12.3. The van der Waals surface area contributed by atoms with E-state index in [9.17, 15) is 8.42 Å². The van der Waals surface area contributed by atoms with Crippen molar-refractivity contribution in [3.63, 3.8) is 0 Å². The molecule has 0 spiro atoms. The molecule has 12 heterocycles. The molecule has 12 rings (SSSR count). The van der Waals surface area contributed by atoms with E-state index in [1.165, 1.54) is 0 Å². The lowest BCUT2D eigenvalue weighted by Crippen LogP contribution is -2.49. The van der Waals surface area contributed by atoms with Crippen molar-refractivity contribution in [3.05, 3.63) is 145 Å². The highest BCUT2D eigenvalue weighted by atomic mass is 32.2. The van der Waals surface area contributed by atoms with Crippen molar-refractivity contribution >= 4 is 67.3 Å². The van der Waals surface area contributed by atoms with Crippen molar-refractivity contribution in [2.45, 2.75) is 159 Å². The summed E-state index contributed by atoms with van der Waals surface area (Å²) in [6.45, 7) is 55.3. The average molecular weight is 1420 g/mol. The van der Waals surface area contributed by atoms with Gasteiger partial charge in [-0.25, -0.2) is 62.3 Å². The van der Waals surface area contributed by atoms with Crippen molar-refractivity contribution in [1.82, 2.24) is 71.8 Å². The van der Waals surface area contributed by atoms with Gasteiger partial charge in [-0.15, -0.1) is 0 Å². The number of aromatic nitrogens is 12. The Morgan fingerprint density at radius 2 is 0.798 bits per heavy atom. The smallest absolute Gasteiger partial charge is 0.237 e. The molecule has 1 N–H and O–H groups in total. The molecular formula is C72H102N18O5SSi3. The third-order valence-electron chi connectivity index (χ3n) is 19.9. The Bertz CT molecular complexity index is 4390. The summed E-state index contributed by atoms with van der Waals surface area (Å²) in [7, 11) is -4.40. The van der Waals surface area contributed by atoms with Crippen LogP contribution in [0.2, 0.25) is 77.1 Å². The number of likely N-dealkylation sites (tertiary alicyclic amines) is 1. The molecule has 0 unspecified atom stereocenters. The third-order valence-corrected chi connectivity index (χ3v) is 26.9. The van der Waals surface area contributed by atoms with Crippen LogP contribution in [0, 0.1) is 19.7 Å². The summed E-state index contributed by atoms with van der Waals surface area (Å²) in [5.41, 5.74) is 7.70. The van der Waals surface area contributed by atoms with Crippen LogP contribution in [0.5, 0.6) is 0 Å². The van der Waals surface area contributed by atoms with E-state index in [2.05, 4.69) is 193 Å². The molecule has 0 atom stereocenters. The molecule has 0 saturated carbocycles. The Labute approximate surface area is 588 Å². The SMILES string of the molecule is [C-]#[N+]CC1(n2ccc(-c3ncnc4c3ccn4COCC[Si](C)(C)C)c2)CCN(C)CC1.[C-]#[N+]CC1(n2ccc(-c3ncnc4c3ccn4COCC[Si](C)(C)C)c2)CCN(S(=O)(=O)CC)CC1.[C-]#[N+]CC1(n2ccc(-c3ncnc4c3ccn4COCC[Si](C)(C)C)c2)CCNCC1. The molecule has 9 aromatic heterocycles. The van der Waals surface area contributed by atoms with E-state index in [-0.39, 0.29) is 16.8 Å². The van der Waals surface area contributed by atoms with Gasteiger partial charge in [0.05, 0.1) is 22.8 Å². The van der Waals surface area contributed by atoms with Crippen molar-refractivity contribution in [2.24, 2.45) is 0 Å². The number of fused-ring (bicyclic) bond motifs is 3. The van der Waals surface area contributed by atoms with Crippen molar-refractivity contribution < 1.29 is 22.6 Å². The second-order valence-electron chi connectivity index (χ2n) is 30.7. The van der Waals surface area contributed by atoms with Crippen LogP contribution in [0.3, 0.4) is 0 Å². The number of hydrogen-bond donors (Lipinski definition) is 1. The zero-order valence-electron chi connectivity index (χ0n) is 60.1. The Morgan fingerprint density at radius 3 is 1.11 bits per heavy atom. The van der Waals surface area contributed by atoms with Crippen LogP contribution in [0.1, 0.15) is 45.4 Å². The van der Waals surface area contributed by atoms with Crippen LogP contribution >= 0.6 is 0 Å². The molecule has 99 heavy (non-hydrogen) atoms. The zero-order valence-corrected chi connectivity index (χ0v) is 63.9. The molecule has 3 fully saturated rings. The lowest BCUT2D eigenvalue weighted by atomic mass is 9.87. The molecule has 0 radical (unpaired) electrons. The fraction of sp³-hybridized carbons (Fsp3) is 0.542. The molecule has 9 aromatic rings. The fourth-order valence-electron chi connectivity index (χ4n) is 13.4. The first-order valence-corrected chi connectivity index (χ1v) is 47.6. The first kappa shape index (κ1) is 74.2. The number of piperidine rings is 3. The molecule has 3 aliphatic rings. The lowest BCUT2D eigenvalue weighted by Gasteiger charge is -2.39. The quantitative estimate of drug-likeness (QED) is 0.0305. The van der Waals surface area contributed by atoms with Crippen molar-refractivity contribution in [1.29, 1.82) is 0 Å². The Balaban J connectivity index is 0.000000161. The van der Waals surface area contributed by atoms with E-state index < -0.39 is 39.8 Å². The van der Waals surface area contributed by atoms with E-state index in [0.29, 0.717) is 65.8 Å². The minimum absolute atomic E-state index is 0.100. The highest BCUT2D eigenvalue weighted by Crippen LogP contribution is 2.38. The van der Waals surface area contributed by atoms with Crippen molar-refractivity contribution in [2.75, 3.05) is 91.5 Å². The van der Waals surface area contributed by atoms with Crippen LogP contribution in [0.15, 0.2) is 111 Å². The number of nitrogens with zero attached hydrogens (tertiary/aromatic N) is 17. The standard InChI is InChI=1S/C25H36N6O3SSi.C24H34N6OSi.C23H32N6OSi/c1-6-35(32,33)31-13-9-25(10-14-31,18-26-2)30-12-7-21(17-30)23-22-8-11-29(24(22)28-19-27-23)20-34-15-16-36(3,4)5;1-25-17-24(8-12-28(2)13-9-24)30-11-6-20(16-30)22-21-7-10-29(23(21)27-18-26-22)19-31-14-15-32(3,4)5;1-24-16-23(7-9-25-10-8-23)29-12-5-19(15-29)21-20-6-11-28(22(20)27-17-26-21)18-30-13-14-31(2,3)4/h7-8,11-12,17,19H,6,9-10,13-16,18,20H2,1,3-5H3;6-7,10-11,16,18H,8-9,12-15,17,19H2,2-5H3;5-6,11-12,15,17,25H,7-10,13-14,16,18H2,2-4H3. The Kier molecular flexibility index (Phi) is 24.0. The molecule has 3 aliphatic heterocycles. The van der Waals surface area contributed by atoms with Crippen LogP contribution in [-0.4, -0.2) is 191 Å². The van der Waals surface area contributed by atoms with Gasteiger partial charge in [-0.05, 0) is 120 Å². The largest absolute Gasteiger partial charge is 0.361 e. The normalized spacial score (nSPS) is 16.8. The minimum Gasteiger partial charge on any atom is -0.361 e. The predicted octanol–water partition coefficient (Wildman–Crippen LogP) is 13.0. The number of nitrogens with one attached hydrogen (secondary N) is 1. The van der Waals surface area contributed by atoms with E-state index >= 15 is 0 Å². The third kappa shape index (κ3) is 18.2. The second-order valence-corrected chi connectivity index (χ2v) is 49.8. The number of hydrogen-bond acceptors (Lipinski definition) is 13. The van der Waals surface area contributed by atoms with Gasteiger partial charge in [0.2, 0.25) is 29.7 Å². The summed E-state index contributed by atoms with van der Waals surface area (Å²) in [6, 6.07) is 15.8. The maximum atomic E-state index is 12.3. The minimum atomic E-state index is -3.23.